The Labute approximate surface area is 410 Å². The zero-order valence-corrected chi connectivity index (χ0v) is 38.8. The molecule has 1 heterocycles. The van der Waals surface area contributed by atoms with Crippen LogP contribution in [0.2, 0.25) is 0 Å². The Morgan fingerprint density at radius 2 is 0.700 bits per heavy atom. The third kappa shape index (κ3) is 4.72. The van der Waals surface area contributed by atoms with E-state index in [-0.39, 0.29) is 0 Å². The van der Waals surface area contributed by atoms with Gasteiger partial charge in [0.2, 0.25) is 0 Å². The average Bonchev–Trinajstić information content (AvgIpc) is 4.21. The minimum atomic E-state index is -0.472. The fourth-order valence-electron chi connectivity index (χ4n) is 13.7. The zero-order valence-electron chi connectivity index (χ0n) is 38.0. The van der Waals surface area contributed by atoms with E-state index in [0.717, 1.165) is 11.4 Å². The van der Waals surface area contributed by atoms with E-state index in [1.54, 1.807) is 0 Å². The first-order chi connectivity index (χ1) is 34.7. The first kappa shape index (κ1) is 38.4. The molecule has 324 valence electrons. The van der Waals surface area contributed by atoms with Gasteiger partial charge < -0.3 is 4.90 Å². The van der Waals surface area contributed by atoms with E-state index in [1.165, 1.54) is 126 Å². The van der Waals surface area contributed by atoms with Crippen molar-refractivity contribution in [3.63, 3.8) is 0 Å². The number of rotatable bonds is 4. The summed E-state index contributed by atoms with van der Waals surface area (Å²) in [6.07, 6.45) is 0. The molecular formula is C68H41NS. The highest BCUT2D eigenvalue weighted by atomic mass is 32.1. The molecule has 0 bridgehead atoms. The SMILES string of the molecule is c1ccc2c(c1)-c1ccccc1C21c2ccccc2-c2ccc(N(c3ccc(-c4cccc5c4sc4ccccc45)cc3)c3cccc4c3-c3ccccc3C43c4ccccc4-c4ccccc43)cc21. The van der Waals surface area contributed by atoms with Crippen LogP contribution in [0.4, 0.5) is 17.1 Å². The summed E-state index contributed by atoms with van der Waals surface area (Å²) < 4.78 is 2.65. The van der Waals surface area contributed by atoms with Crippen LogP contribution in [-0.4, -0.2) is 0 Å². The molecule has 11 aromatic carbocycles. The normalized spacial score (nSPS) is 14.2. The number of hydrogen-bond acceptors (Lipinski definition) is 2. The molecule has 0 saturated carbocycles. The third-order valence-corrected chi connectivity index (χ3v) is 17.5. The summed E-state index contributed by atoms with van der Waals surface area (Å²) in [7, 11) is 0. The van der Waals surface area contributed by atoms with Gasteiger partial charge in [0.15, 0.2) is 0 Å². The molecule has 0 radical (unpaired) electrons. The molecule has 16 rings (SSSR count). The molecule has 4 aliphatic rings. The van der Waals surface area contributed by atoms with Crippen molar-refractivity contribution in [3.05, 3.63) is 293 Å². The molecule has 0 N–H and O–H groups in total. The van der Waals surface area contributed by atoms with Crippen molar-refractivity contribution < 1.29 is 0 Å². The number of hydrogen-bond donors (Lipinski definition) is 0. The van der Waals surface area contributed by atoms with Crippen LogP contribution in [0.15, 0.2) is 249 Å². The maximum Gasteiger partial charge on any atom is 0.0726 e. The van der Waals surface area contributed by atoms with E-state index >= 15 is 0 Å². The van der Waals surface area contributed by atoms with Gasteiger partial charge in [-0.15, -0.1) is 11.3 Å². The van der Waals surface area contributed by atoms with Crippen molar-refractivity contribution in [2.45, 2.75) is 10.8 Å². The van der Waals surface area contributed by atoms with E-state index in [9.17, 15) is 0 Å². The largest absolute Gasteiger partial charge is 0.310 e. The lowest BCUT2D eigenvalue weighted by Crippen LogP contribution is -2.26. The van der Waals surface area contributed by atoms with Gasteiger partial charge in [0.05, 0.1) is 16.5 Å². The summed E-state index contributed by atoms with van der Waals surface area (Å²) >= 11 is 1.89. The molecule has 2 heteroatoms. The highest BCUT2D eigenvalue weighted by Crippen LogP contribution is 2.66. The Kier molecular flexibility index (Phi) is 7.69. The van der Waals surface area contributed by atoms with E-state index in [2.05, 4.69) is 254 Å². The number of thiophene rings is 1. The highest BCUT2D eigenvalue weighted by molar-refractivity contribution is 7.26. The first-order valence-electron chi connectivity index (χ1n) is 24.4. The summed E-state index contributed by atoms with van der Waals surface area (Å²) in [5.74, 6) is 0. The van der Waals surface area contributed by atoms with Gasteiger partial charge in [-0.3, -0.25) is 0 Å². The topological polar surface area (TPSA) is 3.24 Å². The van der Waals surface area contributed by atoms with Crippen LogP contribution in [0.5, 0.6) is 0 Å². The maximum absolute atomic E-state index is 2.56. The Balaban J connectivity index is 0.968. The van der Waals surface area contributed by atoms with Gasteiger partial charge >= 0.3 is 0 Å². The second-order valence-electron chi connectivity index (χ2n) is 19.4. The summed E-state index contributed by atoms with van der Waals surface area (Å²) in [6.45, 7) is 0. The Morgan fingerprint density at radius 1 is 0.286 bits per heavy atom. The summed E-state index contributed by atoms with van der Waals surface area (Å²) in [5.41, 5.74) is 26.1. The first-order valence-corrected chi connectivity index (χ1v) is 25.2. The predicted molar refractivity (Wildman–Crippen MR) is 292 cm³/mol. The minimum Gasteiger partial charge on any atom is -0.310 e. The molecule has 70 heavy (non-hydrogen) atoms. The van der Waals surface area contributed by atoms with Crippen LogP contribution in [0.3, 0.4) is 0 Å². The molecule has 0 amide bonds. The standard InChI is InChI=1S/C68H41NS/c1-8-26-55-46(17-1)47-18-2-9-27-56(47)67(55)60-31-13-6-23-54(60)65-61(67)32-16-33-63(65)69(43-37-35-42(36-38-43)45-24-15-25-53-52-22-7-14-34-64(52)70-66(45)53)44-39-40-51-50-21-5-12-30-59(50)68(62(51)41-44)57-28-10-3-19-48(57)49-20-4-11-29-58(49)68/h1-41H. The van der Waals surface area contributed by atoms with Crippen LogP contribution in [0.25, 0.3) is 75.8 Å². The van der Waals surface area contributed by atoms with E-state index in [0.29, 0.717) is 0 Å². The average molecular weight is 904 g/mol. The molecule has 0 atom stereocenters. The summed E-state index contributed by atoms with van der Waals surface area (Å²) in [5, 5.41) is 2.63. The van der Waals surface area contributed by atoms with Gasteiger partial charge in [-0.2, -0.15) is 0 Å². The van der Waals surface area contributed by atoms with Gasteiger partial charge in [-0.25, -0.2) is 0 Å². The molecule has 0 unspecified atom stereocenters. The molecule has 1 nitrogen and oxygen atoms in total. The van der Waals surface area contributed by atoms with Gasteiger partial charge in [0, 0.05) is 37.1 Å². The molecule has 1 aromatic heterocycles. The van der Waals surface area contributed by atoms with Gasteiger partial charge in [0.1, 0.15) is 0 Å². The highest BCUT2D eigenvalue weighted by Gasteiger charge is 2.54. The summed E-state index contributed by atoms with van der Waals surface area (Å²) in [4.78, 5) is 2.56. The number of nitrogens with zero attached hydrogens (tertiary/aromatic N) is 1. The van der Waals surface area contributed by atoms with E-state index in [1.807, 2.05) is 11.3 Å². The third-order valence-electron chi connectivity index (χ3n) is 16.3. The van der Waals surface area contributed by atoms with Gasteiger partial charge in [0.25, 0.3) is 0 Å². The Hall–Kier alpha value is -8.56. The van der Waals surface area contributed by atoms with E-state index in [4.69, 9.17) is 0 Å². The summed E-state index contributed by atoms with van der Waals surface area (Å²) in [6, 6.07) is 94.2. The predicted octanol–water partition coefficient (Wildman–Crippen LogP) is 17.9. The lowest BCUT2D eigenvalue weighted by Gasteiger charge is -2.33. The molecule has 0 saturated heterocycles. The van der Waals surface area contributed by atoms with Crippen LogP contribution < -0.4 is 4.90 Å². The molecule has 4 aliphatic carbocycles. The second-order valence-corrected chi connectivity index (χ2v) is 20.4. The molecule has 0 fully saturated rings. The van der Waals surface area contributed by atoms with Crippen molar-refractivity contribution in [3.8, 4) is 55.6 Å². The van der Waals surface area contributed by atoms with Crippen LogP contribution in [0, 0.1) is 0 Å². The monoisotopic (exact) mass is 903 g/mol. The van der Waals surface area contributed by atoms with Crippen molar-refractivity contribution in [1.29, 1.82) is 0 Å². The minimum absolute atomic E-state index is 0.464. The molecule has 2 spiro atoms. The Bertz CT molecular complexity index is 4100. The van der Waals surface area contributed by atoms with Crippen molar-refractivity contribution in [2.24, 2.45) is 0 Å². The number of anilines is 3. The van der Waals surface area contributed by atoms with Crippen LogP contribution in [0.1, 0.15) is 44.5 Å². The zero-order chi connectivity index (χ0) is 45.7. The number of fused-ring (bicyclic) bond motifs is 23. The van der Waals surface area contributed by atoms with Crippen molar-refractivity contribution >= 4 is 48.6 Å². The van der Waals surface area contributed by atoms with Gasteiger partial charge in [-0.1, -0.05) is 212 Å². The maximum atomic E-state index is 2.56. The quantitative estimate of drug-likeness (QED) is 0.170. The smallest absolute Gasteiger partial charge is 0.0726 e. The molecule has 0 aliphatic heterocycles. The van der Waals surface area contributed by atoms with Crippen molar-refractivity contribution in [2.75, 3.05) is 4.90 Å². The molecule has 12 aromatic rings. The lowest BCUT2D eigenvalue weighted by atomic mass is 9.70. The molecular weight excluding hydrogens is 863 g/mol. The Morgan fingerprint density at radius 3 is 1.29 bits per heavy atom. The second kappa shape index (κ2) is 14.0. The van der Waals surface area contributed by atoms with Crippen molar-refractivity contribution in [1.82, 2.24) is 0 Å². The lowest BCUT2D eigenvalue weighted by molar-refractivity contribution is 0.793. The number of benzene rings is 11. The fourth-order valence-corrected chi connectivity index (χ4v) is 15.0. The van der Waals surface area contributed by atoms with Crippen LogP contribution >= 0.6 is 11.3 Å². The fraction of sp³-hybridized carbons (Fsp3) is 0.0294. The van der Waals surface area contributed by atoms with Crippen LogP contribution in [-0.2, 0) is 10.8 Å². The van der Waals surface area contributed by atoms with E-state index < -0.39 is 10.8 Å². The van der Waals surface area contributed by atoms with Gasteiger partial charge in [-0.05, 0) is 131 Å².